The lowest BCUT2D eigenvalue weighted by Crippen LogP contribution is -2.55. The van der Waals surface area contributed by atoms with Gasteiger partial charge in [-0.3, -0.25) is 9.69 Å². The van der Waals surface area contributed by atoms with Gasteiger partial charge in [0, 0.05) is 65.2 Å². The number of nitrogens with zero attached hydrogens (tertiary/aromatic N) is 2. The Labute approximate surface area is 217 Å². The topological polar surface area (TPSA) is 68.8 Å². The van der Waals surface area contributed by atoms with E-state index in [0.29, 0.717) is 18.0 Å². The molecule has 2 fully saturated rings. The SMILES string of the molecule is COc1ccc2c3c([nH]c2c1)[C@H](CO)N(C(C)c1ccccc1F)CC31CCN(C(=O)C2CCC2)CC1. The van der Waals surface area contributed by atoms with E-state index < -0.39 is 0 Å². The number of piperidine rings is 1. The van der Waals surface area contributed by atoms with Crippen LogP contribution in [0.25, 0.3) is 10.9 Å². The van der Waals surface area contributed by atoms with E-state index in [1.54, 1.807) is 13.2 Å². The molecule has 1 aliphatic carbocycles. The van der Waals surface area contributed by atoms with Gasteiger partial charge in [0.25, 0.3) is 0 Å². The molecule has 1 spiro atoms. The highest BCUT2D eigenvalue weighted by Crippen LogP contribution is 2.51. The van der Waals surface area contributed by atoms with E-state index >= 15 is 0 Å². The van der Waals surface area contributed by atoms with Crippen LogP contribution in [0.1, 0.15) is 67.9 Å². The number of H-pyrrole nitrogens is 1. The van der Waals surface area contributed by atoms with Crippen LogP contribution in [0.2, 0.25) is 0 Å². The molecule has 196 valence electrons. The summed E-state index contributed by atoms with van der Waals surface area (Å²) >= 11 is 0. The Morgan fingerprint density at radius 2 is 1.97 bits per heavy atom. The second-order valence-corrected chi connectivity index (χ2v) is 11.1. The van der Waals surface area contributed by atoms with Crippen molar-refractivity contribution in [3.05, 3.63) is 65.1 Å². The Morgan fingerprint density at radius 3 is 2.62 bits per heavy atom. The Morgan fingerprint density at radius 1 is 1.22 bits per heavy atom. The van der Waals surface area contributed by atoms with Gasteiger partial charge in [0.15, 0.2) is 0 Å². The average Bonchev–Trinajstić information content (AvgIpc) is 3.27. The highest BCUT2D eigenvalue weighted by Gasteiger charge is 2.49. The van der Waals surface area contributed by atoms with Crippen molar-refractivity contribution in [2.24, 2.45) is 5.92 Å². The van der Waals surface area contributed by atoms with Gasteiger partial charge < -0.3 is 19.7 Å². The molecule has 2 aliphatic heterocycles. The van der Waals surface area contributed by atoms with Gasteiger partial charge in [-0.1, -0.05) is 24.6 Å². The number of aromatic nitrogens is 1. The zero-order chi connectivity index (χ0) is 25.7. The molecule has 6 rings (SSSR count). The molecule has 3 heterocycles. The highest BCUT2D eigenvalue weighted by molar-refractivity contribution is 5.88. The molecule has 0 radical (unpaired) electrons. The van der Waals surface area contributed by atoms with Gasteiger partial charge in [-0.05, 0) is 56.4 Å². The van der Waals surface area contributed by atoms with E-state index in [1.165, 1.54) is 11.6 Å². The largest absolute Gasteiger partial charge is 0.497 e. The van der Waals surface area contributed by atoms with Crippen LogP contribution < -0.4 is 4.74 Å². The number of ether oxygens (including phenoxy) is 1. The minimum absolute atomic E-state index is 0.0713. The van der Waals surface area contributed by atoms with E-state index in [9.17, 15) is 14.3 Å². The van der Waals surface area contributed by atoms with Crippen LogP contribution in [0.3, 0.4) is 0 Å². The van der Waals surface area contributed by atoms with Crippen LogP contribution in [0.15, 0.2) is 42.5 Å². The van der Waals surface area contributed by atoms with Crippen molar-refractivity contribution in [2.45, 2.75) is 56.5 Å². The molecule has 1 aromatic heterocycles. The molecule has 7 heteroatoms. The monoisotopic (exact) mass is 505 g/mol. The van der Waals surface area contributed by atoms with Gasteiger partial charge in [-0.2, -0.15) is 0 Å². The van der Waals surface area contributed by atoms with Crippen molar-refractivity contribution < 1.29 is 19.0 Å². The summed E-state index contributed by atoms with van der Waals surface area (Å²) in [7, 11) is 1.66. The summed E-state index contributed by atoms with van der Waals surface area (Å²) in [5.41, 5.74) is 3.66. The van der Waals surface area contributed by atoms with Crippen molar-refractivity contribution in [2.75, 3.05) is 33.4 Å². The fourth-order valence-corrected chi connectivity index (χ4v) is 6.92. The first-order valence-corrected chi connectivity index (χ1v) is 13.6. The van der Waals surface area contributed by atoms with Crippen molar-refractivity contribution >= 4 is 16.8 Å². The standard InChI is InChI=1S/C30H36FN3O3/c1-19(22-8-3-4-9-24(22)31)34-18-30(12-14-33(15-13-30)29(36)20-6-5-7-20)27-23-11-10-21(37-2)16-25(23)32-28(27)26(34)17-35/h3-4,8-11,16,19-20,26,32,35H,5-7,12-15,17-18H2,1-2H3/t19?,26-/m0/s1. The molecule has 2 atom stereocenters. The molecule has 0 bridgehead atoms. The predicted molar refractivity (Wildman–Crippen MR) is 141 cm³/mol. The molecule has 1 unspecified atom stereocenters. The molecule has 1 amide bonds. The number of aliphatic hydroxyl groups is 1. The molecule has 3 aromatic rings. The third-order valence-electron chi connectivity index (χ3n) is 9.30. The van der Waals surface area contributed by atoms with Crippen LogP contribution in [0.5, 0.6) is 5.75 Å². The van der Waals surface area contributed by atoms with Crippen molar-refractivity contribution in [1.29, 1.82) is 0 Å². The molecule has 2 aromatic carbocycles. The first-order valence-electron chi connectivity index (χ1n) is 13.6. The molecule has 3 aliphatic rings. The Balaban J connectivity index is 1.43. The van der Waals surface area contributed by atoms with Crippen LogP contribution in [0, 0.1) is 11.7 Å². The Kier molecular flexibility index (Phi) is 6.24. The number of aliphatic hydroxyl groups excluding tert-OH is 1. The second-order valence-electron chi connectivity index (χ2n) is 11.1. The van der Waals surface area contributed by atoms with Crippen LogP contribution in [-0.4, -0.2) is 59.1 Å². The summed E-state index contributed by atoms with van der Waals surface area (Å²) in [5.74, 6) is 1.06. The van der Waals surface area contributed by atoms with E-state index in [-0.39, 0.29) is 35.8 Å². The number of amides is 1. The number of hydrogen-bond donors (Lipinski definition) is 2. The lowest BCUT2D eigenvalue weighted by Gasteiger charge is -2.52. The van der Waals surface area contributed by atoms with Crippen LogP contribution in [0.4, 0.5) is 4.39 Å². The second kappa shape index (κ2) is 9.44. The molecule has 6 nitrogen and oxygen atoms in total. The van der Waals surface area contributed by atoms with Gasteiger partial charge >= 0.3 is 0 Å². The molecule has 1 saturated carbocycles. The van der Waals surface area contributed by atoms with E-state index in [0.717, 1.165) is 67.5 Å². The number of benzene rings is 2. The fourth-order valence-electron chi connectivity index (χ4n) is 6.92. The lowest BCUT2D eigenvalue weighted by molar-refractivity contribution is -0.140. The first-order chi connectivity index (χ1) is 18.0. The normalized spacial score (nSPS) is 22.6. The summed E-state index contributed by atoms with van der Waals surface area (Å²) in [6.45, 7) is 4.11. The Bertz CT molecular complexity index is 1310. The number of hydrogen-bond acceptors (Lipinski definition) is 4. The number of methoxy groups -OCH3 is 1. The zero-order valence-electron chi connectivity index (χ0n) is 21.7. The maximum Gasteiger partial charge on any atom is 0.225 e. The molecular formula is C30H36FN3O3. The van der Waals surface area contributed by atoms with Gasteiger partial charge in [0.1, 0.15) is 11.6 Å². The number of likely N-dealkylation sites (tertiary alicyclic amines) is 1. The Hall–Kier alpha value is -2.90. The summed E-state index contributed by atoms with van der Waals surface area (Å²) in [4.78, 5) is 21.0. The summed E-state index contributed by atoms with van der Waals surface area (Å²) in [6, 6.07) is 12.5. The minimum atomic E-state index is -0.289. The predicted octanol–water partition coefficient (Wildman–Crippen LogP) is 5.09. The smallest absolute Gasteiger partial charge is 0.225 e. The van der Waals surface area contributed by atoms with Gasteiger partial charge in [0.2, 0.25) is 5.91 Å². The maximum absolute atomic E-state index is 14.9. The van der Waals surface area contributed by atoms with E-state index in [1.807, 2.05) is 31.2 Å². The number of rotatable bonds is 5. The molecular weight excluding hydrogens is 469 g/mol. The van der Waals surface area contributed by atoms with E-state index in [2.05, 4.69) is 20.9 Å². The quantitative estimate of drug-likeness (QED) is 0.507. The summed E-state index contributed by atoms with van der Waals surface area (Å²) in [6.07, 6.45) is 4.87. The van der Waals surface area contributed by atoms with Gasteiger partial charge in [0.05, 0.1) is 19.8 Å². The third-order valence-corrected chi connectivity index (χ3v) is 9.30. The minimum Gasteiger partial charge on any atom is -0.497 e. The van der Waals surface area contributed by atoms with Gasteiger partial charge in [-0.15, -0.1) is 0 Å². The highest BCUT2D eigenvalue weighted by atomic mass is 19.1. The maximum atomic E-state index is 14.9. The summed E-state index contributed by atoms with van der Waals surface area (Å²) < 4.78 is 20.4. The number of fused-ring (bicyclic) bond motifs is 4. The summed E-state index contributed by atoms with van der Waals surface area (Å²) in [5, 5.41) is 11.8. The van der Waals surface area contributed by atoms with Crippen molar-refractivity contribution in [3.8, 4) is 5.75 Å². The number of nitrogens with one attached hydrogen (secondary N) is 1. The average molecular weight is 506 g/mol. The van der Waals surface area contributed by atoms with Crippen molar-refractivity contribution in [3.63, 3.8) is 0 Å². The molecule has 1 saturated heterocycles. The van der Waals surface area contributed by atoms with Gasteiger partial charge in [-0.25, -0.2) is 4.39 Å². The van der Waals surface area contributed by atoms with Crippen LogP contribution >= 0.6 is 0 Å². The number of halogens is 1. The third kappa shape index (κ3) is 3.94. The molecule has 2 N–H and O–H groups in total. The lowest BCUT2D eigenvalue weighted by atomic mass is 9.67. The van der Waals surface area contributed by atoms with Crippen molar-refractivity contribution in [1.82, 2.24) is 14.8 Å². The van der Waals surface area contributed by atoms with E-state index in [4.69, 9.17) is 4.74 Å². The number of aromatic amines is 1. The number of carbonyl (C=O) groups is 1. The first kappa shape index (κ1) is 24.4. The molecule has 37 heavy (non-hydrogen) atoms. The number of carbonyl (C=O) groups excluding carboxylic acids is 1. The zero-order valence-corrected chi connectivity index (χ0v) is 21.7. The fraction of sp³-hybridized carbons (Fsp3) is 0.500. The van der Waals surface area contributed by atoms with Crippen LogP contribution in [-0.2, 0) is 10.2 Å².